The van der Waals surface area contributed by atoms with Gasteiger partial charge in [0.1, 0.15) is 11.6 Å². The Labute approximate surface area is 93.9 Å². The van der Waals surface area contributed by atoms with Gasteiger partial charge in [-0.15, -0.1) is 0 Å². The Morgan fingerprint density at radius 3 is 3.06 bits per heavy atom. The van der Waals surface area contributed by atoms with Crippen molar-refractivity contribution in [1.82, 2.24) is 9.97 Å². The highest BCUT2D eigenvalue weighted by molar-refractivity contribution is 5.33. The van der Waals surface area contributed by atoms with Crippen LogP contribution in [0.1, 0.15) is 37.9 Å². The molecule has 1 saturated carbocycles. The molecule has 0 bridgehead atoms. The molecule has 16 heavy (non-hydrogen) atoms. The third-order valence-corrected chi connectivity index (χ3v) is 2.59. The van der Waals surface area contributed by atoms with Crippen LogP contribution >= 0.6 is 0 Å². The molecule has 1 aliphatic carbocycles. The molecule has 1 aliphatic rings. The van der Waals surface area contributed by atoms with Gasteiger partial charge in [-0.05, 0) is 26.2 Å². The standard InChI is InChI=1S/C11H17N3O2/c1-7(15)4-5-12-9-6-10(16)14-11(13-9)8-2-3-8/h6-8,15H,2-5H2,1H3,(H2,12,13,14,16). The van der Waals surface area contributed by atoms with E-state index in [1.807, 2.05) is 0 Å². The van der Waals surface area contributed by atoms with Crippen LogP contribution in [-0.4, -0.2) is 27.7 Å². The van der Waals surface area contributed by atoms with Crippen LogP contribution < -0.4 is 10.9 Å². The normalized spacial score (nSPS) is 17.1. The molecule has 0 aromatic carbocycles. The lowest BCUT2D eigenvalue weighted by Crippen LogP contribution is -2.15. The van der Waals surface area contributed by atoms with Gasteiger partial charge in [-0.2, -0.15) is 0 Å². The van der Waals surface area contributed by atoms with Crippen LogP contribution in [0.25, 0.3) is 0 Å². The summed E-state index contributed by atoms with van der Waals surface area (Å²) >= 11 is 0. The molecule has 3 N–H and O–H groups in total. The zero-order valence-corrected chi connectivity index (χ0v) is 9.36. The first-order valence-electron chi connectivity index (χ1n) is 5.68. The van der Waals surface area contributed by atoms with E-state index < -0.39 is 0 Å². The number of aliphatic hydroxyl groups excluding tert-OH is 1. The molecule has 5 nitrogen and oxygen atoms in total. The maximum Gasteiger partial charge on any atom is 0.252 e. The molecular weight excluding hydrogens is 206 g/mol. The Bertz CT molecular complexity index is 410. The fourth-order valence-electron chi connectivity index (χ4n) is 1.53. The third kappa shape index (κ3) is 3.06. The van der Waals surface area contributed by atoms with Crippen molar-refractivity contribution in [3.05, 3.63) is 22.2 Å². The predicted octanol–water partition coefficient (Wildman–Crippen LogP) is 0.830. The molecule has 1 aromatic rings. The lowest BCUT2D eigenvalue weighted by molar-refractivity contribution is 0.188. The highest BCUT2D eigenvalue weighted by Crippen LogP contribution is 2.37. The molecule has 0 radical (unpaired) electrons. The van der Waals surface area contributed by atoms with E-state index in [-0.39, 0.29) is 11.7 Å². The maximum absolute atomic E-state index is 11.4. The molecule has 88 valence electrons. The van der Waals surface area contributed by atoms with E-state index in [0.29, 0.717) is 24.7 Å². The monoisotopic (exact) mass is 223 g/mol. The van der Waals surface area contributed by atoms with E-state index in [1.54, 1.807) is 6.92 Å². The number of aliphatic hydroxyl groups is 1. The largest absolute Gasteiger partial charge is 0.393 e. The molecule has 1 unspecified atom stereocenters. The zero-order chi connectivity index (χ0) is 11.5. The summed E-state index contributed by atoms with van der Waals surface area (Å²) in [5.74, 6) is 1.82. The molecule has 1 aromatic heterocycles. The van der Waals surface area contributed by atoms with Crippen molar-refractivity contribution < 1.29 is 5.11 Å². The first-order chi connectivity index (χ1) is 7.65. The maximum atomic E-state index is 11.4. The second-order valence-electron chi connectivity index (χ2n) is 4.35. The lowest BCUT2D eigenvalue weighted by Gasteiger charge is -2.07. The predicted molar refractivity (Wildman–Crippen MR) is 61.6 cm³/mol. The molecule has 1 heterocycles. The van der Waals surface area contributed by atoms with Crippen LogP contribution in [0.2, 0.25) is 0 Å². The van der Waals surface area contributed by atoms with Crippen LogP contribution in [0.15, 0.2) is 10.9 Å². The molecule has 1 atom stereocenters. The van der Waals surface area contributed by atoms with Crippen LogP contribution in [0.3, 0.4) is 0 Å². The average Bonchev–Trinajstić information content (AvgIpc) is 2.99. The Hall–Kier alpha value is -1.36. The Kier molecular flexibility index (Phi) is 3.24. The van der Waals surface area contributed by atoms with E-state index in [4.69, 9.17) is 5.11 Å². The van der Waals surface area contributed by atoms with Gasteiger partial charge >= 0.3 is 0 Å². The molecule has 0 aliphatic heterocycles. The van der Waals surface area contributed by atoms with Crippen molar-refractivity contribution in [3.8, 4) is 0 Å². The average molecular weight is 223 g/mol. The summed E-state index contributed by atoms with van der Waals surface area (Å²) in [5.41, 5.74) is -0.114. The number of hydrogen-bond donors (Lipinski definition) is 3. The first kappa shape index (κ1) is 11.1. The summed E-state index contributed by atoms with van der Waals surface area (Å²) in [6.45, 7) is 2.36. The summed E-state index contributed by atoms with van der Waals surface area (Å²) in [6.07, 6.45) is 2.53. The topological polar surface area (TPSA) is 78.0 Å². The number of rotatable bonds is 5. The van der Waals surface area contributed by atoms with Crippen LogP contribution in [0.4, 0.5) is 5.82 Å². The van der Waals surface area contributed by atoms with E-state index in [9.17, 15) is 4.79 Å². The van der Waals surface area contributed by atoms with E-state index >= 15 is 0 Å². The fourth-order valence-corrected chi connectivity index (χ4v) is 1.53. The van der Waals surface area contributed by atoms with Gasteiger partial charge in [-0.3, -0.25) is 4.79 Å². The van der Waals surface area contributed by atoms with Crippen molar-refractivity contribution >= 4 is 5.82 Å². The second kappa shape index (κ2) is 4.65. The lowest BCUT2D eigenvalue weighted by atomic mass is 10.3. The van der Waals surface area contributed by atoms with Crippen LogP contribution in [0, 0.1) is 0 Å². The summed E-state index contributed by atoms with van der Waals surface area (Å²) in [5, 5.41) is 12.2. The van der Waals surface area contributed by atoms with Crippen molar-refractivity contribution in [2.75, 3.05) is 11.9 Å². The Morgan fingerprint density at radius 2 is 2.44 bits per heavy atom. The number of nitrogens with zero attached hydrogens (tertiary/aromatic N) is 1. The van der Waals surface area contributed by atoms with Gasteiger partial charge in [0.25, 0.3) is 5.56 Å². The summed E-state index contributed by atoms with van der Waals surface area (Å²) in [4.78, 5) is 18.5. The van der Waals surface area contributed by atoms with Gasteiger partial charge in [0.15, 0.2) is 0 Å². The number of aromatic amines is 1. The van der Waals surface area contributed by atoms with E-state index in [1.165, 1.54) is 6.07 Å². The molecule has 0 saturated heterocycles. The van der Waals surface area contributed by atoms with Gasteiger partial charge in [0.2, 0.25) is 0 Å². The van der Waals surface area contributed by atoms with Crippen molar-refractivity contribution in [3.63, 3.8) is 0 Å². The molecule has 5 heteroatoms. The Morgan fingerprint density at radius 1 is 1.69 bits per heavy atom. The zero-order valence-electron chi connectivity index (χ0n) is 9.36. The van der Waals surface area contributed by atoms with Gasteiger partial charge in [0.05, 0.1) is 6.10 Å². The number of hydrogen-bond acceptors (Lipinski definition) is 4. The number of anilines is 1. The van der Waals surface area contributed by atoms with Crippen LogP contribution in [0.5, 0.6) is 0 Å². The molecule has 2 rings (SSSR count). The van der Waals surface area contributed by atoms with Gasteiger partial charge in [-0.1, -0.05) is 0 Å². The number of nitrogens with one attached hydrogen (secondary N) is 2. The molecule has 0 spiro atoms. The van der Waals surface area contributed by atoms with Crippen LogP contribution in [-0.2, 0) is 0 Å². The quantitative estimate of drug-likeness (QED) is 0.691. The van der Waals surface area contributed by atoms with E-state index in [0.717, 1.165) is 18.7 Å². The molecule has 0 amide bonds. The Balaban J connectivity index is 2.00. The van der Waals surface area contributed by atoms with Crippen molar-refractivity contribution in [1.29, 1.82) is 0 Å². The van der Waals surface area contributed by atoms with Gasteiger partial charge < -0.3 is 15.4 Å². The minimum Gasteiger partial charge on any atom is -0.393 e. The third-order valence-electron chi connectivity index (χ3n) is 2.59. The van der Waals surface area contributed by atoms with Gasteiger partial charge in [0, 0.05) is 18.5 Å². The summed E-state index contributed by atoms with van der Waals surface area (Å²) < 4.78 is 0. The smallest absolute Gasteiger partial charge is 0.252 e. The SMILES string of the molecule is CC(O)CCNc1cc(=O)[nH]c(C2CC2)n1. The van der Waals surface area contributed by atoms with Gasteiger partial charge in [-0.25, -0.2) is 4.98 Å². The first-order valence-corrected chi connectivity index (χ1v) is 5.68. The fraction of sp³-hybridized carbons (Fsp3) is 0.636. The minimum absolute atomic E-state index is 0.114. The highest BCUT2D eigenvalue weighted by Gasteiger charge is 2.26. The second-order valence-corrected chi connectivity index (χ2v) is 4.35. The number of aromatic nitrogens is 2. The van der Waals surface area contributed by atoms with E-state index in [2.05, 4.69) is 15.3 Å². The van der Waals surface area contributed by atoms with Crippen molar-refractivity contribution in [2.24, 2.45) is 0 Å². The summed E-state index contributed by atoms with van der Waals surface area (Å²) in [6, 6.07) is 1.45. The summed E-state index contributed by atoms with van der Waals surface area (Å²) in [7, 11) is 0. The number of H-pyrrole nitrogens is 1. The molecular formula is C11H17N3O2. The highest BCUT2D eigenvalue weighted by atomic mass is 16.3. The molecule has 1 fully saturated rings. The minimum atomic E-state index is -0.336. The van der Waals surface area contributed by atoms with Crippen molar-refractivity contribution in [2.45, 2.75) is 38.2 Å².